The van der Waals surface area contributed by atoms with Crippen LogP contribution in [0.15, 0.2) is 52.5 Å². The molecule has 0 amide bonds. The molecule has 0 bridgehead atoms. The highest BCUT2D eigenvalue weighted by atomic mass is 16.4. The number of carboxylic acid groups (broad SMARTS) is 1. The summed E-state index contributed by atoms with van der Waals surface area (Å²) >= 11 is 0. The van der Waals surface area contributed by atoms with Crippen molar-refractivity contribution in [3.05, 3.63) is 69.6 Å². The van der Waals surface area contributed by atoms with Crippen molar-refractivity contribution in [3.63, 3.8) is 0 Å². The topological polar surface area (TPSA) is 79.6 Å². The third kappa shape index (κ3) is 2.83. The molecule has 1 aliphatic heterocycles. The number of nitrogens with zero attached hydrogens (tertiary/aromatic N) is 4. The minimum atomic E-state index is -1.07. The molecule has 0 spiro atoms. The zero-order chi connectivity index (χ0) is 19.0. The summed E-state index contributed by atoms with van der Waals surface area (Å²) in [6.45, 7) is 5.67. The molecule has 1 aromatic heterocycles. The van der Waals surface area contributed by atoms with Gasteiger partial charge in [-0.3, -0.25) is 4.79 Å². The monoisotopic (exact) mass is 351 g/mol. The average molecular weight is 351 g/mol. The summed E-state index contributed by atoms with van der Waals surface area (Å²) in [5, 5.41) is 13.9. The van der Waals surface area contributed by atoms with Gasteiger partial charge in [-0.1, -0.05) is 10.8 Å². The second kappa shape index (κ2) is 6.44. The number of hydrogen-bond acceptors (Lipinski definition) is 3. The summed E-state index contributed by atoms with van der Waals surface area (Å²) in [4.78, 5) is 23.8. The van der Waals surface area contributed by atoms with Crippen molar-refractivity contribution in [2.45, 2.75) is 6.92 Å². The van der Waals surface area contributed by atoms with E-state index >= 15 is 0 Å². The first-order valence-electron chi connectivity index (χ1n) is 7.95. The Hall–Kier alpha value is -3.48. The Morgan fingerprint density at radius 1 is 1.23 bits per heavy atom. The largest absolute Gasteiger partial charge is 0.478 e. The molecule has 0 aromatic carbocycles. The van der Waals surface area contributed by atoms with E-state index in [0.29, 0.717) is 28.1 Å². The van der Waals surface area contributed by atoms with Gasteiger partial charge < -0.3 is 14.2 Å². The number of hydrogen-bond donors (Lipinski definition) is 1. The zero-order valence-electron chi connectivity index (χ0n) is 14.8. The van der Waals surface area contributed by atoms with Crippen LogP contribution in [0.5, 0.6) is 0 Å². The quantitative estimate of drug-likeness (QED) is 0.443. The van der Waals surface area contributed by atoms with Crippen molar-refractivity contribution in [1.29, 1.82) is 0 Å². The summed E-state index contributed by atoms with van der Waals surface area (Å²) in [5.74, 6) is -1.07. The van der Waals surface area contributed by atoms with Crippen molar-refractivity contribution in [2.24, 2.45) is 19.2 Å². The smallest absolute Gasteiger partial charge is 0.337 e. The van der Waals surface area contributed by atoms with Gasteiger partial charge in [0, 0.05) is 37.2 Å². The maximum Gasteiger partial charge on any atom is 0.337 e. The van der Waals surface area contributed by atoms with E-state index in [4.69, 9.17) is 0 Å². The van der Waals surface area contributed by atoms with Crippen LogP contribution in [0.25, 0.3) is 11.3 Å². The average Bonchev–Trinajstić information content (AvgIpc) is 2.60. The normalized spacial score (nSPS) is 11.7. The first kappa shape index (κ1) is 17.3. The highest BCUT2D eigenvalue weighted by molar-refractivity contribution is 5.91. The fraction of sp³-hybridized carbons (Fsp3) is 0.158. The molecule has 0 radical (unpaired) electrons. The van der Waals surface area contributed by atoms with Crippen LogP contribution < -0.4 is 10.9 Å². The van der Waals surface area contributed by atoms with E-state index in [1.807, 2.05) is 36.0 Å². The van der Waals surface area contributed by atoms with Gasteiger partial charge in [0.1, 0.15) is 5.69 Å². The Bertz CT molecular complexity index is 1140. The van der Waals surface area contributed by atoms with Crippen molar-refractivity contribution in [2.75, 3.05) is 0 Å². The van der Waals surface area contributed by atoms with E-state index in [1.165, 1.54) is 16.8 Å². The molecule has 1 N–H and O–H groups in total. The van der Waals surface area contributed by atoms with Gasteiger partial charge in [0.05, 0.1) is 11.1 Å². The zero-order valence-corrected chi connectivity index (χ0v) is 14.8. The fourth-order valence-corrected chi connectivity index (χ4v) is 2.89. The predicted octanol–water partition coefficient (Wildman–Crippen LogP) is 1.70. The van der Waals surface area contributed by atoms with Crippen LogP contribution in [0.1, 0.15) is 16.1 Å². The maximum absolute atomic E-state index is 12.3. The molecule has 132 valence electrons. The van der Waals surface area contributed by atoms with E-state index in [2.05, 4.69) is 11.8 Å². The van der Waals surface area contributed by atoms with Crippen LogP contribution in [0.4, 0.5) is 5.69 Å². The number of pyridine rings is 2. The molecule has 0 atom stereocenters. The van der Waals surface area contributed by atoms with Gasteiger partial charge in [0.2, 0.25) is 5.49 Å². The highest BCUT2D eigenvalue weighted by Crippen LogP contribution is 2.31. The van der Waals surface area contributed by atoms with Crippen molar-refractivity contribution < 1.29 is 14.6 Å². The number of fused-ring (bicyclic) bond motifs is 1. The lowest BCUT2D eigenvalue weighted by Crippen LogP contribution is -2.21. The Kier molecular flexibility index (Phi) is 4.29. The summed E-state index contributed by atoms with van der Waals surface area (Å²) in [6, 6.07) is 10.1. The van der Waals surface area contributed by atoms with Crippen LogP contribution in [-0.4, -0.2) is 31.6 Å². The van der Waals surface area contributed by atoms with Gasteiger partial charge in [-0.25, -0.2) is 4.79 Å². The Labute approximate surface area is 149 Å². The number of benzene rings is 1. The number of rotatable bonds is 3. The lowest BCUT2D eigenvalue weighted by Gasteiger charge is -2.16. The third-order valence-electron chi connectivity index (χ3n) is 4.43. The number of aromatic nitrogens is 2. The van der Waals surface area contributed by atoms with E-state index < -0.39 is 5.97 Å². The van der Waals surface area contributed by atoms with Gasteiger partial charge in [-0.05, 0) is 31.2 Å². The van der Waals surface area contributed by atoms with Crippen LogP contribution in [-0.2, 0) is 14.1 Å². The maximum atomic E-state index is 12.3. The predicted molar refractivity (Wildman–Crippen MR) is 98.0 cm³/mol. The molecule has 0 fully saturated rings. The summed E-state index contributed by atoms with van der Waals surface area (Å²) in [6.07, 6.45) is 1.87. The number of carboxylic acids is 1. The summed E-state index contributed by atoms with van der Waals surface area (Å²) in [5.41, 5.74) is 2.56. The Morgan fingerprint density at radius 3 is 2.62 bits per heavy atom. The van der Waals surface area contributed by atoms with E-state index in [1.54, 1.807) is 24.6 Å². The molecule has 2 aliphatic rings. The molecule has 1 aliphatic carbocycles. The first-order valence-corrected chi connectivity index (χ1v) is 7.95. The molecular weight excluding hydrogens is 332 g/mol. The van der Waals surface area contributed by atoms with Gasteiger partial charge in [-0.2, -0.15) is 0 Å². The number of aryl methyl sites for hydroxylation is 1. The summed E-state index contributed by atoms with van der Waals surface area (Å²) in [7, 11) is 3.60. The molecule has 1 aromatic rings. The molecule has 7 heteroatoms. The van der Waals surface area contributed by atoms with Gasteiger partial charge in [-0.15, -0.1) is 0 Å². The second-order valence-electron chi connectivity index (χ2n) is 6.02. The fourth-order valence-electron chi connectivity index (χ4n) is 2.89. The number of aromatic carboxylic acids is 1. The van der Waals surface area contributed by atoms with Crippen LogP contribution in [0.3, 0.4) is 0 Å². The lowest BCUT2D eigenvalue weighted by atomic mass is 10.0. The Morgan fingerprint density at radius 2 is 1.96 bits per heavy atom. The van der Waals surface area contributed by atoms with Crippen LogP contribution in [0.2, 0.25) is 0 Å². The molecule has 3 rings (SSSR count). The second-order valence-corrected chi connectivity index (χ2v) is 6.02. The molecule has 26 heavy (non-hydrogen) atoms. The number of carbonyl (C=O) groups is 1. The van der Waals surface area contributed by atoms with Gasteiger partial charge in [0.15, 0.2) is 12.1 Å². The Balaban J connectivity index is 2.31. The van der Waals surface area contributed by atoms with Crippen molar-refractivity contribution in [1.82, 2.24) is 9.13 Å². The van der Waals surface area contributed by atoms with E-state index in [-0.39, 0.29) is 11.0 Å². The van der Waals surface area contributed by atoms with Gasteiger partial charge in [0.25, 0.3) is 5.69 Å². The molecule has 0 saturated heterocycles. The standard InChI is InChI=1S/C19H18N4O3/c1-12-13(19(25)26)11-14-16(24)9-8-15(18(14)22(12)3)23(4)20-17-7-5-6-10-21(17)2/h5-11H,4H2,1-3H3/p+1. The lowest BCUT2D eigenvalue weighted by molar-refractivity contribution is -0.441. The molecular formula is C19H19N4O3+. The SMILES string of the molecule is C=[N+](N=c1ccccn1C)c1ccc(=O)c2cc(C(=O)O)c(C)n(C)c1-2. The van der Waals surface area contributed by atoms with Gasteiger partial charge >= 0.3 is 5.97 Å². The third-order valence-corrected chi connectivity index (χ3v) is 4.43. The van der Waals surface area contributed by atoms with E-state index in [0.717, 1.165) is 0 Å². The molecule has 0 saturated carbocycles. The molecule has 2 heterocycles. The van der Waals surface area contributed by atoms with Crippen molar-refractivity contribution >= 4 is 18.4 Å². The van der Waals surface area contributed by atoms with Crippen LogP contribution >= 0.6 is 0 Å². The first-order chi connectivity index (χ1) is 12.3. The molecule has 7 nitrogen and oxygen atoms in total. The molecule has 0 unspecified atom stereocenters. The van der Waals surface area contributed by atoms with Crippen molar-refractivity contribution in [3.8, 4) is 11.3 Å². The minimum Gasteiger partial charge on any atom is -0.478 e. The van der Waals surface area contributed by atoms with Crippen LogP contribution in [0, 0.1) is 6.92 Å². The highest BCUT2D eigenvalue weighted by Gasteiger charge is 2.25. The van der Waals surface area contributed by atoms with E-state index in [9.17, 15) is 14.7 Å². The summed E-state index contributed by atoms with van der Waals surface area (Å²) < 4.78 is 4.97. The minimum absolute atomic E-state index is 0.0938.